The van der Waals surface area contributed by atoms with E-state index in [1.165, 1.54) is 0 Å². The largest absolute Gasteiger partial charge is 0.399 e. The Morgan fingerprint density at radius 2 is 1.70 bits per heavy atom. The summed E-state index contributed by atoms with van der Waals surface area (Å²) in [5.74, 6) is -0.564. The topological polar surface area (TPSA) is 115 Å². The van der Waals surface area contributed by atoms with Crippen molar-refractivity contribution < 1.29 is 13.2 Å². The zero-order valence-corrected chi connectivity index (χ0v) is 13.0. The lowest BCUT2D eigenvalue weighted by molar-refractivity contribution is -0.125. The van der Waals surface area contributed by atoms with E-state index in [0.29, 0.717) is 16.8 Å². The Hall–Kier alpha value is -1.60. The number of hydrogen-bond donors (Lipinski definition) is 3. The minimum Gasteiger partial charge on any atom is -0.399 e. The highest BCUT2D eigenvalue weighted by molar-refractivity contribution is 7.89. The van der Waals surface area contributed by atoms with Crippen LogP contribution in [0.4, 0.5) is 5.69 Å². The molecule has 1 rings (SSSR count). The highest BCUT2D eigenvalue weighted by Gasteiger charge is 2.28. The number of hydrogen-bond acceptors (Lipinski definition) is 4. The van der Waals surface area contributed by atoms with Gasteiger partial charge in [-0.05, 0) is 51.0 Å². The lowest BCUT2D eigenvalue weighted by Crippen LogP contribution is -2.42. The fraction of sp³-hybridized carbons (Fsp3) is 0.462. The third kappa shape index (κ3) is 3.49. The van der Waals surface area contributed by atoms with Crippen molar-refractivity contribution in [2.45, 2.75) is 32.6 Å². The van der Waals surface area contributed by atoms with Crippen molar-refractivity contribution in [1.82, 2.24) is 4.72 Å². The summed E-state index contributed by atoms with van der Waals surface area (Å²) < 4.78 is 27.1. The SMILES string of the molecule is Cc1cc(N)cc(C)c1S(=O)(=O)NCC(C)(C)C(N)=O. The predicted octanol–water partition coefficient (Wildman–Crippen LogP) is 0.675. The molecule has 0 saturated heterocycles. The summed E-state index contributed by atoms with van der Waals surface area (Å²) in [6, 6.07) is 3.20. The Morgan fingerprint density at radius 1 is 1.25 bits per heavy atom. The van der Waals surface area contributed by atoms with Gasteiger partial charge in [-0.1, -0.05) is 0 Å². The van der Waals surface area contributed by atoms with Crippen LogP contribution in [0.2, 0.25) is 0 Å². The summed E-state index contributed by atoms with van der Waals surface area (Å²) in [4.78, 5) is 11.4. The fourth-order valence-corrected chi connectivity index (χ4v) is 3.50. The van der Waals surface area contributed by atoms with Crippen LogP contribution in [0.25, 0.3) is 0 Å². The van der Waals surface area contributed by atoms with Crippen molar-refractivity contribution in [1.29, 1.82) is 0 Å². The molecule has 0 spiro atoms. The lowest BCUT2D eigenvalue weighted by atomic mass is 9.93. The number of primary amides is 1. The predicted molar refractivity (Wildman–Crippen MR) is 78.5 cm³/mol. The van der Waals surface area contributed by atoms with Gasteiger partial charge in [-0.15, -0.1) is 0 Å². The van der Waals surface area contributed by atoms with E-state index < -0.39 is 21.3 Å². The maximum absolute atomic E-state index is 12.4. The van der Waals surface area contributed by atoms with Crippen LogP contribution >= 0.6 is 0 Å². The van der Waals surface area contributed by atoms with Gasteiger partial charge in [0.2, 0.25) is 15.9 Å². The van der Waals surface area contributed by atoms with Crippen molar-refractivity contribution in [3.63, 3.8) is 0 Å². The number of nitrogens with one attached hydrogen (secondary N) is 1. The van der Waals surface area contributed by atoms with Crippen molar-refractivity contribution in [2.24, 2.45) is 11.1 Å². The molecule has 0 radical (unpaired) electrons. The number of sulfonamides is 1. The van der Waals surface area contributed by atoms with Crippen LogP contribution in [0.3, 0.4) is 0 Å². The number of nitrogen functional groups attached to an aromatic ring is 1. The number of carbonyl (C=O) groups excluding carboxylic acids is 1. The third-order valence-electron chi connectivity index (χ3n) is 3.12. The second kappa shape index (κ2) is 5.41. The van der Waals surface area contributed by atoms with E-state index >= 15 is 0 Å². The number of rotatable bonds is 5. The molecular formula is C13H21N3O3S. The molecule has 1 amide bonds. The van der Waals surface area contributed by atoms with E-state index in [9.17, 15) is 13.2 Å². The molecule has 0 atom stereocenters. The van der Waals surface area contributed by atoms with Gasteiger partial charge in [-0.2, -0.15) is 0 Å². The normalized spacial score (nSPS) is 12.4. The average molecular weight is 299 g/mol. The highest BCUT2D eigenvalue weighted by atomic mass is 32.2. The summed E-state index contributed by atoms with van der Waals surface area (Å²) in [5.41, 5.74) is 11.6. The summed E-state index contributed by atoms with van der Waals surface area (Å²) in [7, 11) is -3.72. The zero-order valence-electron chi connectivity index (χ0n) is 12.1. The minimum absolute atomic E-state index is 0.0616. The molecule has 0 aliphatic heterocycles. The van der Waals surface area contributed by atoms with E-state index in [1.807, 2.05) is 0 Å². The van der Waals surface area contributed by atoms with E-state index in [0.717, 1.165) is 0 Å². The molecule has 112 valence electrons. The number of amides is 1. The van der Waals surface area contributed by atoms with Crippen molar-refractivity contribution in [2.75, 3.05) is 12.3 Å². The third-order valence-corrected chi connectivity index (χ3v) is 4.83. The standard InChI is InChI=1S/C13H21N3O3S/c1-8-5-10(14)6-9(2)11(8)20(18,19)16-7-13(3,4)12(15)17/h5-6,16H,7,14H2,1-4H3,(H2,15,17). The molecule has 0 aliphatic rings. The Bertz CT molecular complexity index is 613. The summed E-state index contributed by atoms with van der Waals surface area (Å²) in [6.45, 7) is 6.46. The highest BCUT2D eigenvalue weighted by Crippen LogP contribution is 2.23. The van der Waals surface area contributed by atoms with E-state index in [1.54, 1.807) is 39.8 Å². The van der Waals surface area contributed by atoms with Crippen molar-refractivity contribution in [3.05, 3.63) is 23.3 Å². The Morgan fingerprint density at radius 3 is 2.10 bits per heavy atom. The van der Waals surface area contributed by atoms with Gasteiger partial charge >= 0.3 is 0 Å². The van der Waals surface area contributed by atoms with E-state index in [2.05, 4.69) is 4.72 Å². The van der Waals surface area contributed by atoms with Gasteiger partial charge in [0, 0.05) is 12.2 Å². The summed E-state index contributed by atoms with van der Waals surface area (Å²) in [5, 5.41) is 0. The van der Waals surface area contributed by atoms with Gasteiger partial charge in [-0.25, -0.2) is 13.1 Å². The van der Waals surface area contributed by atoms with Crippen molar-refractivity contribution >= 4 is 21.6 Å². The van der Waals surface area contributed by atoms with Crippen LogP contribution in [0, 0.1) is 19.3 Å². The second-order valence-corrected chi connectivity index (χ2v) is 7.26. The van der Waals surface area contributed by atoms with Gasteiger partial charge in [0.15, 0.2) is 0 Å². The van der Waals surface area contributed by atoms with E-state index in [-0.39, 0.29) is 11.4 Å². The Kier molecular flexibility index (Phi) is 4.45. The molecule has 5 N–H and O–H groups in total. The molecule has 0 unspecified atom stereocenters. The second-order valence-electron chi connectivity index (χ2n) is 5.56. The number of carbonyl (C=O) groups is 1. The molecule has 7 heteroatoms. The number of anilines is 1. The van der Waals surface area contributed by atoms with Crippen LogP contribution in [0.5, 0.6) is 0 Å². The van der Waals surface area contributed by atoms with Gasteiger partial charge < -0.3 is 11.5 Å². The maximum Gasteiger partial charge on any atom is 0.241 e. The summed E-state index contributed by atoms with van der Waals surface area (Å²) in [6.07, 6.45) is 0. The Labute approximate surface area is 119 Å². The fourth-order valence-electron chi connectivity index (χ4n) is 1.84. The quantitative estimate of drug-likeness (QED) is 0.693. The molecule has 0 aromatic heterocycles. The van der Waals surface area contributed by atoms with Crippen LogP contribution < -0.4 is 16.2 Å². The smallest absolute Gasteiger partial charge is 0.241 e. The zero-order chi connectivity index (χ0) is 15.7. The number of benzene rings is 1. The molecule has 0 saturated carbocycles. The van der Waals surface area contributed by atoms with Gasteiger partial charge in [0.25, 0.3) is 0 Å². The van der Waals surface area contributed by atoms with Gasteiger partial charge in [0.05, 0.1) is 10.3 Å². The van der Waals surface area contributed by atoms with E-state index in [4.69, 9.17) is 11.5 Å². The number of nitrogens with two attached hydrogens (primary N) is 2. The minimum atomic E-state index is -3.72. The molecule has 6 nitrogen and oxygen atoms in total. The lowest BCUT2D eigenvalue weighted by Gasteiger charge is -2.21. The maximum atomic E-state index is 12.4. The Balaban J connectivity index is 3.11. The van der Waals surface area contributed by atoms with Gasteiger partial charge in [0.1, 0.15) is 0 Å². The first-order valence-corrected chi connectivity index (χ1v) is 7.62. The molecule has 1 aromatic carbocycles. The first-order chi connectivity index (χ1) is 8.97. The molecular weight excluding hydrogens is 278 g/mol. The molecule has 0 bridgehead atoms. The van der Waals surface area contributed by atoms with Crippen LogP contribution in [-0.4, -0.2) is 20.9 Å². The van der Waals surface area contributed by atoms with Crippen LogP contribution in [0.1, 0.15) is 25.0 Å². The van der Waals surface area contributed by atoms with Crippen LogP contribution in [0.15, 0.2) is 17.0 Å². The number of aryl methyl sites for hydroxylation is 2. The molecule has 0 fully saturated rings. The molecule has 1 aromatic rings. The molecule has 0 aliphatic carbocycles. The monoisotopic (exact) mass is 299 g/mol. The molecule has 20 heavy (non-hydrogen) atoms. The first-order valence-electron chi connectivity index (χ1n) is 6.13. The average Bonchev–Trinajstić information content (AvgIpc) is 2.24. The van der Waals surface area contributed by atoms with Gasteiger partial charge in [-0.3, -0.25) is 4.79 Å². The first kappa shape index (κ1) is 16.5. The van der Waals surface area contributed by atoms with Crippen LogP contribution in [-0.2, 0) is 14.8 Å². The molecule has 0 heterocycles. The summed E-state index contributed by atoms with van der Waals surface area (Å²) >= 11 is 0. The van der Waals surface area contributed by atoms with Crippen molar-refractivity contribution in [3.8, 4) is 0 Å².